The summed E-state index contributed by atoms with van der Waals surface area (Å²) in [5.74, 6) is -0.687. The molecule has 0 amide bonds. The highest BCUT2D eigenvalue weighted by Gasteiger charge is 2.29. The van der Waals surface area contributed by atoms with Gasteiger partial charge in [-0.3, -0.25) is 0 Å². The Balaban J connectivity index is 0.00000361. The van der Waals surface area contributed by atoms with Crippen molar-refractivity contribution < 1.29 is 17.9 Å². The molecule has 0 aliphatic rings. The number of nitrogens with two attached hydrogens (primary N) is 1. The Morgan fingerprint density at radius 1 is 1.40 bits per heavy atom. The minimum atomic E-state index is -3.78. The summed E-state index contributed by atoms with van der Waals surface area (Å²) in [7, 11) is -1.15. The van der Waals surface area contributed by atoms with Gasteiger partial charge in [-0.05, 0) is 19.1 Å². The first-order chi connectivity index (χ1) is 8.86. The highest BCUT2D eigenvalue weighted by atomic mass is 35.5. The van der Waals surface area contributed by atoms with Crippen LogP contribution >= 0.6 is 12.4 Å². The fourth-order valence-corrected chi connectivity index (χ4v) is 3.06. The van der Waals surface area contributed by atoms with E-state index < -0.39 is 16.0 Å². The van der Waals surface area contributed by atoms with E-state index in [-0.39, 0.29) is 35.5 Å². The molecule has 1 unspecified atom stereocenters. The van der Waals surface area contributed by atoms with Crippen LogP contribution in [0, 0.1) is 0 Å². The number of methoxy groups -OCH3 is 1. The lowest BCUT2D eigenvalue weighted by atomic mass is 10.2. The van der Waals surface area contributed by atoms with Crippen molar-refractivity contribution in [3.63, 3.8) is 0 Å². The molecule has 0 aliphatic carbocycles. The molecule has 1 aromatic carbocycles. The van der Waals surface area contributed by atoms with Crippen LogP contribution in [0.1, 0.15) is 17.3 Å². The van der Waals surface area contributed by atoms with Gasteiger partial charge in [0, 0.05) is 19.6 Å². The second kappa shape index (κ2) is 7.58. The molecule has 1 rings (SSSR count). The molecule has 2 N–H and O–H groups in total. The van der Waals surface area contributed by atoms with Crippen molar-refractivity contribution in [2.45, 2.75) is 17.9 Å². The lowest BCUT2D eigenvalue weighted by Gasteiger charge is -2.23. The van der Waals surface area contributed by atoms with Gasteiger partial charge in [-0.1, -0.05) is 12.1 Å². The van der Waals surface area contributed by atoms with E-state index >= 15 is 0 Å². The molecule has 1 aromatic rings. The number of esters is 1. The topological polar surface area (TPSA) is 89.7 Å². The molecule has 0 heterocycles. The average Bonchev–Trinajstić information content (AvgIpc) is 2.44. The van der Waals surface area contributed by atoms with E-state index in [9.17, 15) is 13.2 Å². The summed E-state index contributed by atoms with van der Waals surface area (Å²) in [6.45, 7) is 1.88. The smallest absolute Gasteiger partial charge is 0.339 e. The fraction of sp³-hybridized carbons (Fsp3) is 0.417. The summed E-state index contributed by atoms with van der Waals surface area (Å²) in [4.78, 5) is 11.5. The highest BCUT2D eigenvalue weighted by molar-refractivity contribution is 7.89. The predicted octanol–water partition coefficient (Wildman–Crippen LogP) is 0.863. The summed E-state index contributed by atoms with van der Waals surface area (Å²) < 4.78 is 30.6. The third kappa shape index (κ3) is 3.69. The molecule has 0 aromatic heterocycles. The van der Waals surface area contributed by atoms with Gasteiger partial charge in [0.2, 0.25) is 10.0 Å². The molecule has 0 saturated heterocycles. The van der Waals surface area contributed by atoms with Crippen LogP contribution in [-0.2, 0) is 14.8 Å². The van der Waals surface area contributed by atoms with Crippen LogP contribution in [0.25, 0.3) is 0 Å². The number of nitrogens with zero attached hydrogens (tertiary/aromatic N) is 1. The number of benzene rings is 1. The fourth-order valence-electron chi connectivity index (χ4n) is 1.51. The first-order valence-corrected chi connectivity index (χ1v) is 7.15. The van der Waals surface area contributed by atoms with Crippen LogP contribution < -0.4 is 5.73 Å². The summed E-state index contributed by atoms with van der Waals surface area (Å²) >= 11 is 0. The molecule has 0 fully saturated rings. The Morgan fingerprint density at radius 2 is 1.95 bits per heavy atom. The van der Waals surface area contributed by atoms with Gasteiger partial charge in [0.25, 0.3) is 0 Å². The molecule has 0 saturated carbocycles. The average molecular weight is 323 g/mol. The van der Waals surface area contributed by atoms with E-state index in [2.05, 4.69) is 4.74 Å². The maximum atomic E-state index is 12.4. The van der Waals surface area contributed by atoms with Crippen molar-refractivity contribution in [2.75, 3.05) is 20.7 Å². The van der Waals surface area contributed by atoms with Crippen LogP contribution in [-0.4, -0.2) is 45.4 Å². The molecule has 8 heteroatoms. The molecule has 114 valence electrons. The zero-order valence-electron chi connectivity index (χ0n) is 11.6. The van der Waals surface area contributed by atoms with Gasteiger partial charge in [-0.15, -0.1) is 12.4 Å². The SMILES string of the molecule is COC(=O)c1ccccc1S(=O)(=O)N(C)C(C)CN.Cl. The van der Waals surface area contributed by atoms with E-state index in [4.69, 9.17) is 5.73 Å². The minimum absolute atomic E-state index is 0. The van der Waals surface area contributed by atoms with E-state index in [1.165, 1.54) is 26.3 Å². The number of likely N-dealkylation sites (N-methyl/N-ethyl adjacent to an activating group) is 1. The van der Waals surface area contributed by atoms with E-state index in [1.807, 2.05) is 0 Å². The number of hydrogen-bond donors (Lipinski definition) is 1. The first-order valence-electron chi connectivity index (χ1n) is 5.71. The van der Waals surface area contributed by atoms with E-state index in [1.54, 1.807) is 19.1 Å². The quantitative estimate of drug-likeness (QED) is 0.812. The van der Waals surface area contributed by atoms with Crippen molar-refractivity contribution in [2.24, 2.45) is 5.73 Å². The number of sulfonamides is 1. The van der Waals surface area contributed by atoms with Crippen LogP contribution in [0.2, 0.25) is 0 Å². The molecule has 6 nitrogen and oxygen atoms in total. The van der Waals surface area contributed by atoms with E-state index in [0.29, 0.717) is 0 Å². The van der Waals surface area contributed by atoms with Gasteiger partial charge in [0.15, 0.2) is 0 Å². The molecule has 0 radical (unpaired) electrons. The van der Waals surface area contributed by atoms with Gasteiger partial charge < -0.3 is 10.5 Å². The van der Waals surface area contributed by atoms with Gasteiger partial charge in [0.1, 0.15) is 0 Å². The summed E-state index contributed by atoms with van der Waals surface area (Å²) in [5.41, 5.74) is 5.49. The number of halogens is 1. The number of hydrogen-bond acceptors (Lipinski definition) is 5. The predicted molar refractivity (Wildman–Crippen MR) is 78.5 cm³/mol. The van der Waals surface area contributed by atoms with Gasteiger partial charge in [-0.25, -0.2) is 13.2 Å². The van der Waals surface area contributed by atoms with Gasteiger partial charge in [0.05, 0.1) is 17.6 Å². The first kappa shape index (κ1) is 18.9. The van der Waals surface area contributed by atoms with Crippen molar-refractivity contribution in [3.05, 3.63) is 29.8 Å². The van der Waals surface area contributed by atoms with Crippen LogP contribution in [0.15, 0.2) is 29.2 Å². The zero-order valence-corrected chi connectivity index (χ0v) is 13.2. The Bertz CT molecular complexity index is 562. The second-order valence-electron chi connectivity index (χ2n) is 4.09. The Hall–Kier alpha value is -1.15. The van der Waals surface area contributed by atoms with Crippen molar-refractivity contribution in [1.82, 2.24) is 4.31 Å². The molecular weight excluding hydrogens is 304 g/mol. The van der Waals surface area contributed by atoms with E-state index in [0.717, 1.165) is 4.31 Å². The molecular formula is C12H19ClN2O4S. The molecule has 0 spiro atoms. The van der Waals surface area contributed by atoms with Crippen molar-refractivity contribution in [1.29, 1.82) is 0 Å². The Labute approximate surface area is 125 Å². The Morgan fingerprint density at radius 3 is 2.45 bits per heavy atom. The third-order valence-electron chi connectivity index (χ3n) is 2.91. The van der Waals surface area contributed by atoms with Crippen LogP contribution in [0.4, 0.5) is 0 Å². The molecule has 0 aliphatic heterocycles. The third-order valence-corrected chi connectivity index (χ3v) is 4.94. The monoisotopic (exact) mass is 322 g/mol. The molecule has 0 bridgehead atoms. The van der Waals surface area contributed by atoms with Gasteiger partial charge >= 0.3 is 5.97 Å². The largest absolute Gasteiger partial charge is 0.465 e. The summed E-state index contributed by atoms with van der Waals surface area (Å²) in [5, 5.41) is 0. The van der Waals surface area contributed by atoms with Crippen molar-refractivity contribution >= 4 is 28.4 Å². The number of carbonyl (C=O) groups is 1. The van der Waals surface area contributed by atoms with Crippen LogP contribution in [0.3, 0.4) is 0 Å². The summed E-state index contributed by atoms with van der Waals surface area (Å²) in [6.07, 6.45) is 0. The number of carbonyl (C=O) groups excluding carboxylic acids is 1. The van der Waals surface area contributed by atoms with Gasteiger partial charge in [-0.2, -0.15) is 4.31 Å². The zero-order chi connectivity index (χ0) is 14.6. The minimum Gasteiger partial charge on any atom is -0.465 e. The van der Waals surface area contributed by atoms with Crippen molar-refractivity contribution in [3.8, 4) is 0 Å². The maximum absolute atomic E-state index is 12.4. The normalized spacial score (nSPS) is 12.7. The number of ether oxygens (including phenoxy) is 1. The molecule has 20 heavy (non-hydrogen) atoms. The number of rotatable bonds is 5. The molecule has 1 atom stereocenters. The Kier molecular flexibility index (Phi) is 7.15. The second-order valence-corrected chi connectivity index (χ2v) is 6.06. The summed E-state index contributed by atoms with van der Waals surface area (Å²) in [6, 6.07) is 5.56. The lowest BCUT2D eigenvalue weighted by Crippen LogP contribution is -2.40. The maximum Gasteiger partial charge on any atom is 0.339 e. The van der Waals surface area contributed by atoms with Crippen LogP contribution in [0.5, 0.6) is 0 Å². The lowest BCUT2D eigenvalue weighted by molar-refractivity contribution is 0.0596. The standard InChI is InChI=1S/C12H18N2O4S.ClH/c1-9(8-13)14(2)19(16,17)11-7-5-4-6-10(11)12(15)18-3;/h4-7,9H,8,13H2,1-3H3;1H. The highest BCUT2D eigenvalue weighted by Crippen LogP contribution is 2.21.